The monoisotopic (exact) mass is 398 g/mol. The summed E-state index contributed by atoms with van der Waals surface area (Å²) < 4.78 is 12.3. The molecule has 4 rings (SSSR count). The Morgan fingerprint density at radius 3 is 1.93 bits per heavy atom. The van der Waals surface area contributed by atoms with Gasteiger partial charge < -0.3 is 15.0 Å². The van der Waals surface area contributed by atoms with Crippen molar-refractivity contribution < 1.29 is 9.31 Å². The molecule has 2 aromatic carbocycles. The second kappa shape index (κ2) is 7.42. The minimum atomic E-state index is -0.351. The molecule has 0 bridgehead atoms. The van der Waals surface area contributed by atoms with Crippen molar-refractivity contribution in [3.05, 3.63) is 83.0 Å². The zero-order valence-corrected chi connectivity index (χ0v) is 18.0. The Labute approximate surface area is 178 Å². The van der Waals surface area contributed by atoms with Crippen LogP contribution in [0, 0.1) is 0 Å². The van der Waals surface area contributed by atoms with Crippen molar-refractivity contribution in [1.82, 2.24) is 4.98 Å². The minimum Gasteiger partial charge on any atom is -0.399 e. The summed E-state index contributed by atoms with van der Waals surface area (Å²) in [7, 11) is -0.351. The highest BCUT2D eigenvalue weighted by Crippen LogP contribution is 2.36. The Morgan fingerprint density at radius 1 is 0.867 bits per heavy atom. The molecular formula is C25H27BN2O2. The van der Waals surface area contributed by atoms with E-state index < -0.39 is 0 Å². The lowest BCUT2D eigenvalue weighted by Crippen LogP contribution is -2.41. The third-order valence-corrected chi connectivity index (χ3v) is 6.11. The molecule has 0 amide bonds. The smallest absolute Gasteiger partial charge is 0.399 e. The van der Waals surface area contributed by atoms with E-state index in [2.05, 4.69) is 75.7 Å². The second-order valence-electron chi connectivity index (χ2n) is 8.71. The van der Waals surface area contributed by atoms with E-state index in [1.165, 1.54) is 0 Å². The number of nitrogens with two attached hydrogens (primary N) is 1. The topological polar surface area (TPSA) is 57.4 Å². The van der Waals surface area contributed by atoms with E-state index in [1.54, 1.807) is 6.20 Å². The summed E-state index contributed by atoms with van der Waals surface area (Å²) in [5.41, 5.74) is 10.4. The normalized spacial score (nSPS) is 18.3. The zero-order valence-electron chi connectivity index (χ0n) is 18.0. The number of rotatable bonds is 3. The molecule has 4 nitrogen and oxygen atoms in total. The second-order valence-corrected chi connectivity index (χ2v) is 8.71. The quantitative estimate of drug-likeness (QED) is 0.690. The van der Waals surface area contributed by atoms with Crippen LogP contribution in [0.25, 0.3) is 23.4 Å². The van der Waals surface area contributed by atoms with E-state index in [0.29, 0.717) is 5.70 Å². The van der Waals surface area contributed by atoms with Crippen LogP contribution >= 0.6 is 0 Å². The Hall–Kier alpha value is -2.89. The van der Waals surface area contributed by atoms with Gasteiger partial charge >= 0.3 is 7.12 Å². The van der Waals surface area contributed by atoms with Gasteiger partial charge in [0.1, 0.15) is 0 Å². The van der Waals surface area contributed by atoms with Gasteiger partial charge in [0, 0.05) is 6.20 Å². The van der Waals surface area contributed by atoms with Gasteiger partial charge in [-0.3, -0.25) is 4.98 Å². The molecule has 0 aliphatic carbocycles. The molecule has 2 N–H and O–H groups in total. The number of benzene rings is 2. The molecule has 3 aromatic rings. The highest BCUT2D eigenvalue weighted by molar-refractivity contribution is 6.62. The Balaban J connectivity index is 1.57. The first-order valence-corrected chi connectivity index (χ1v) is 10.1. The van der Waals surface area contributed by atoms with Gasteiger partial charge in [0.2, 0.25) is 0 Å². The van der Waals surface area contributed by atoms with Gasteiger partial charge in [0.25, 0.3) is 0 Å². The fraction of sp³-hybridized carbons (Fsp3) is 0.240. The van der Waals surface area contributed by atoms with Gasteiger partial charge in [0.15, 0.2) is 0 Å². The van der Waals surface area contributed by atoms with Gasteiger partial charge in [-0.1, -0.05) is 61.2 Å². The largest absolute Gasteiger partial charge is 0.494 e. The van der Waals surface area contributed by atoms with Crippen LogP contribution in [0.4, 0.5) is 0 Å². The summed E-state index contributed by atoms with van der Waals surface area (Å²) in [4.78, 5) is 4.35. The number of hydrogen-bond acceptors (Lipinski definition) is 4. The SMILES string of the molecule is C=c1cccn/c1=C(/N)c1ccc(-c2ccc(B3OC(C)(C)C(C)(C)O3)cc2)cc1. The highest BCUT2D eigenvalue weighted by Gasteiger charge is 2.51. The third-order valence-electron chi connectivity index (χ3n) is 6.11. The molecule has 30 heavy (non-hydrogen) atoms. The Morgan fingerprint density at radius 2 is 1.40 bits per heavy atom. The predicted molar refractivity (Wildman–Crippen MR) is 123 cm³/mol. The van der Waals surface area contributed by atoms with Crippen LogP contribution in [-0.2, 0) is 9.31 Å². The van der Waals surface area contributed by atoms with Crippen LogP contribution in [-0.4, -0.2) is 23.3 Å². The lowest BCUT2D eigenvalue weighted by Gasteiger charge is -2.32. The summed E-state index contributed by atoms with van der Waals surface area (Å²) in [6, 6.07) is 20.2. The van der Waals surface area contributed by atoms with Gasteiger partial charge in [-0.25, -0.2) is 0 Å². The molecule has 1 aliphatic heterocycles. The first kappa shape index (κ1) is 20.4. The van der Waals surface area contributed by atoms with Crippen molar-refractivity contribution in [3.63, 3.8) is 0 Å². The van der Waals surface area contributed by atoms with Gasteiger partial charge in [0.05, 0.1) is 22.2 Å². The average Bonchev–Trinajstić information content (AvgIpc) is 2.95. The highest BCUT2D eigenvalue weighted by atomic mass is 16.7. The first-order valence-electron chi connectivity index (χ1n) is 10.1. The summed E-state index contributed by atoms with van der Waals surface area (Å²) in [5, 5.41) is 1.54. The van der Waals surface area contributed by atoms with Gasteiger partial charge in [-0.05, 0) is 61.1 Å². The standard InChI is InChI=1S/C25H27BN2O2/c1-17-7-6-16-28-23(17)22(27)20-10-8-18(9-11-20)19-12-14-21(15-13-19)26-29-24(2,3)25(4,5)30-26/h6-16H,1,27H2,2-5H3/b23-22+. The average molecular weight is 398 g/mol. The minimum absolute atomic E-state index is 0.343. The molecule has 1 fully saturated rings. The Kier molecular flexibility index (Phi) is 5.04. The molecular weight excluding hydrogens is 371 g/mol. The van der Waals surface area contributed by atoms with Crippen LogP contribution in [0.5, 0.6) is 0 Å². The van der Waals surface area contributed by atoms with Crippen molar-refractivity contribution in [3.8, 4) is 11.1 Å². The van der Waals surface area contributed by atoms with E-state index in [-0.39, 0.29) is 18.3 Å². The van der Waals surface area contributed by atoms with Crippen LogP contribution < -0.4 is 21.8 Å². The van der Waals surface area contributed by atoms with Crippen molar-refractivity contribution in [2.45, 2.75) is 38.9 Å². The number of pyridine rings is 1. The molecule has 0 unspecified atom stereocenters. The molecule has 1 aliphatic rings. The van der Waals surface area contributed by atoms with Crippen molar-refractivity contribution >= 4 is 24.9 Å². The van der Waals surface area contributed by atoms with E-state index in [4.69, 9.17) is 15.0 Å². The number of aromatic nitrogens is 1. The third kappa shape index (κ3) is 3.67. The lowest BCUT2D eigenvalue weighted by molar-refractivity contribution is 0.00578. The van der Waals surface area contributed by atoms with E-state index in [9.17, 15) is 0 Å². The van der Waals surface area contributed by atoms with E-state index in [1.807, 2.05) is 24.3 Å². The maximum atomic E-state index is 6.33. The maximum absolute atomic E-state index is 6.33. The fourth-order valence-corrected chi connectivity index (χ4v) is 3.47. The molecule has 5 heteroatoms. The van der Waals surface area contributed by atoms with E-state index in [0.717, 1.165) is 32.7 Å². The molecule has 2 heterocycles. The maximum Gasteiger partial charge on any atom is 0.494 e. The fourth-order valence-electron chi connectivity index (χ4n) is 3.47. The molecule has 0 saturated carbocycles. The molecule has 0 spiro atoms. The Bertz CT molecular complexity index is 1150. The van der Waals surface area contributed by atoms with Crippen LogP contribution in [0.1, 0.15) is 33.3 Å². The number of nitrogens with zero attached hydrogens (tertiary/aromatic N) is 1. The van der Waals surface area contributed by atoms with Crippen molar-refractivity contribution in [2.24, 2.45) is 5.73 Å². The molecule has 0 radical (unpaired) electrons. The van der Waals surface area contributed by atoms with Gasteiger partial charge in [-0.15, -0.1) is 0 Å². The van der Waals surface area contributed by atoms with E-state index >= 15 is 0 Å². The van der Waals surface area contributed by atoms with Gasteiger partial charge in [-0.2, -0.15) is 0 Å². The van der Waals surface area contributed by atoms with Crippen molar-refractivity contribution in [2.75, 3.05) is 0 Å². The van der Waals surface area contributed by atoms with Crippen LogP contribution in [0.2, 0.25) is 0 Å². The molecule has 152 valence electrons. The lowest BCUT2D eigenvalue weighted by atomic mass is 9.78. The predicted octanol–water partition coefficient (Wildman–Crippen LogP) is 2.57. The molecule has 1 aromatic heterocycles. The summed E-state index contributed by atoms with van der Waals surface area (Å²) in [5.74, 6) is 0. The molecule has 1 saturated heterocycles. The van der Waals surface area contributed by atoms with Crippen molar-refractivity contribution in [1.29, 1.82) is 0 Å². The summed E-state index contributed by atoms with van der Waals surface area (Å²) >= 11 is 0. The zero-order chi connectivity index (χ0) is 21.5. The molecule has 0 atom stereocenters. The summed E-state index contributed by atoms with van der Waals surface area (Å²) in [6.07, 6.45) is 1.73. The number of hydrogen-bond donors (Lipinski definition) is 1. The summed E-state index contributed by atoms with van der Waals surface area (Å²) in [6.45, 7) is 12.3. The first-order chi connectivity index (χ1) is 14.2. The van der Waals surface area contributed by atoms with Crippen LogP contribution in [0.3, 0.4) is 0 Å². The van der Waals surface area contributed by atoms with Crippen LogP contribution in [0.15, 0.2) is 66.9 Å².